The van der Waals surface area contributed by atoms with Crippen LogP contribution in [0, 0.1) is 0 Å². The minimum atomic E-state index is -1.19. The Hall–Kier alpha value is -2.15. The van der Waals surface area contributed by atoms with E-state index in [1.165, 1.54) is 12.0 Å². The molecule has 0 spiro atoms. The quantitative estimate of drug-likeness (QED) is 0.830. The van der Waals surface area contributed by atoms with Crippen molar-refractivity contribution in [1.29, 1.82) is 0 Å². The number of halogens is 1. The van der Waals surface area contributed by atoms with Crippen LogP contribution in [-0.2, 0) is 9.53 Å². The second-order valence-corrected chi connectivity index (χ2v) is 5.98. The number of amides is 2. The lowest BCUT2D eigenvalue weighted by molar-refractivity contribution is -0.139. The number of carbonyl (C=O) groups is 2. The van der Waals surface area contributed by atoms with Crippen molar-refractivity contribution in [3.8, 4) is 5.75 Å². The molecule has 6 nitrogen and oxygen atoms in total. The van der Waals surface area contributed by atoms with E-state index in [2.05, 4.69) is 0 Å². The van der Waals surface area contributed by atoms with E-state index in [1.54, 1.807) is 29.2 Å². The summed E-state index contributed by atoms with van der Waals surface area (Å²) in [5, 5.41) is 0. The largest absolute Gasteiger partial charge is 0.497 e. The van der Waals surface area contributed by atoms with Gasteiger partial charge in [0.2, 0.25) is 5.91 Å². The number of rotatable bonds is 3. The number of likely N-dealkylation sites (tertiary alicyclic amines) is 1. The molecule has 2 aliphatic rings. The zero-order valence-electron chi connectivity index (χ0n) is 13.6. The Morgan fingerprint density at radius 2 is 2.04 bits per heavy atom. The molecule has 0 unspecified atom stereocenters. The van der Waals surface area contributed by atoms with Gasteiger partial charge in [0.25, 0.3) is 5.91 Å². The van der Waals surface area contributed by atoms with Crippen molar-refractivity contribution in [2.24, 2.45) is 0 Å². The number of benzene rings is 1. The maximum Gasteiger partial charge on any atom is 0.254 e. The van der Waals surface area contributed by atoms with Crippen LogP contribution in [0.5, 0.6) is 5.75 Å². The van der Waals surface area contributed by atoms with Crippen molar-refractivity contribution in [2.75, 3.05) is 40.0 Å². The molecule has 2 atom stereocenters. The highest BCUT2D eigenvalue weighted by Gasteiger charge is 2.42. The van der Waals surface area contributed by atoms with Gasteiger partial charge < -0.3 is 19.3 Å². The first-order valence-corrected chi connectivity index (χ1v) is 8.06. The zero-order chi connectivity index (χ0) is 17.1. The maximum absolute atomic E-state index is 14.0. The summed E-state index contributed by atoms with van der Waals surface area (Å²) in [6.45, 7) is 1.85. The molecule has 2 heterocycles. The summed E-state index contributed by atoms with van der Waals surface area (Å²) in [4.78, 5) is 28.5. The SMILES string of the molecule is COc1cccc(C(=O)N2C[C@@H](F)C[C@H]2C(=O)N2CCOCC2)c1. The van der Waals surface area contributed by atoms with Crippen LogP contribution in [0.25, 0.3) is 0 Å². The number of nitrogens with zero attached hydrogens (tertiary/aromatic N) is 2. The molecule has 2 aliphatic heterocycles. The fourth-order valence-corrected chi connectivity index (χ4v) is 3.16. The summed E-state index contributed by atoms with van der Waals surface area (Å²) < 4.78 is 24.3. The fraction of sp³-hybridized carbons (Fsp3) is 0.529. The Kier molecular flexibility index (Phi) is 4.99. The van der Waals surface area contributed by atoms with E-state index in [4.69, 9.17) is 9.47 Å². The van der Waals surface area contributed by atoms with Gasteiger partial charge in [-0.3, -0.25) is 9.59 Å². The van der Waals surface area contributed by atoms with Crippen molar-refractivity contribution in [1.82, 2.24) is 9.80 Å². The normalized spacial score (nSPS) is 24.1. The average molecular weight is 336 g/mol. The Balaban J connectivity index is 1.79. The Morgan fingerprint density at radius 1 is 1.29 bits per heavy atom. The smallest absolute Gasteiger partial charge is 0.254 e. The monoisotopic (exact) mass is 336 g/mol. The highest BCUT2D eigenvalue weighted by Crippen LogP contribution is 2.25. The molecule has 24 heavy (non-hydrogen) atoms. The lowest BCUT2D eigenvalue weighted by atomic mass is 10.1. The standard InChI is InChI=1S/C17H21FN2O4/c1-23-14-4-2-3-12(9-14)16(21)20-11-13(18)10-15(20)17(22)19-5-7-24-8-6-19/h2-4,9,13,15H,5-8,10-11H2,1H3/t13-,15-/m0/s1. The summed E-state index contributed by atoms with van der Waals surface area (Å²) in [5.74, 6) is 0.00302. The van der Waals surface area contributed by atoms with Crippen LogP contribution >= 0.6 is 0 Å². The summed E-state index contributed by atoms with van der Waals surface area (Å²) in [5.41, 5.74) is 0.392. The van der Waals surface area contributed by atoms with Gasteiger partial charge in [-0.05, 0) is 18.2 Å². The third-order valence-corrected chi connectivity index (χ3v) is 4.44. The first-order chi connectivity index (χ1) is 11.6. The predicted molar refractivity (Wildman–Crippen MR) is 84.7 cm³/mol. The molecule has 7 heteroatoms. The first-order valence-electron chi connectivity index (χ1n) is 8.06. The summed E-state index contributed by atoms with van der Waals surface area (Å²) >= 11 is 0. The van der Waals surface area contributed by atoms with Gasteiger partial charge in [-0.1, -0.05) is 6.07 Å². The third-order valence-electron chi connectivity index (χ3n) is 4.44. The van der Waals surface area contributed by atoms with Gasteiger partial charge in [0, 0.05) is 25.1 Å². The number of morpholine rings is 1. The molecule has 0 bridgehead atoms. The summed E-state index contributed by atoms with van der Waals surface area (Å²) in [6, 6.07) is 5.93. The second kappa shape index (κ2) is 7.17. The number of carbonyl (C=O) groups excluding carboxylic acids is 2. The van der Waals surface area contributed by atoms with Crippen LogP contribution in [0.1, 0.15) is 16.8 Å². The van der Waals surface area contributed by atoms with Crippen LogP contribution in [0.4, 0.5) is 4.39 Å². The predicted octanol–water partition coefficient (Wildman–Crippen LogP) is 1.11. The lowest BCUT2D eigenvalue weighted by Crippen LogP contribution is -2.51. The topological polar surface area (TPSA) is 59.1 Å². The lowest BCUT2D eigenvalue weighted by Gasteiger charge is -2.32. The molecule has 1 aromatic carbocycles. The maximum atomic E-state index is 14.0. The molecule has 0 saturated carbocycles. The number of ether oxygens (including phenoxy) is 2. The van der Waals surface area contributed by atoms with Crippen LogP contribution < -0.4 is 4.74 Å². The van der Waals surface area contributed by atoms with Gasteiger partial charge in [0.1, 0.15) is 18.0 Å². The van der Waals surface area contributed by atoms with Gasteiger partial charge >= 0.3 is 0 Å². The van der Waals surface area contributed by atoms with Gasteiger partial charge in [-0.15, -0.1) is 0 Å². The zero-order valence-corrected chi connectivity index (χ0v) is 13.6. The van der Waals surface area contributed by atoms with Crippen LogP contribution in [0.2, 0.25) is 0 Å². The van der Waals surface area contributed by atoms with Gasteiger partial charge in [-0.25, -0.2) is 4.39 Å². The summed E-state index contributed by atoms with van der Waals surface area (Å²) in [6.07, 6.45) is -1.14. The summed E-state index contributed by atoms with van der Waals surface area (Å²) in [7, 11) is 1.52. The van der Waals surface area contributed by atoms with Crippen LogP contribution in [0.15, 0.2) is 24.3 Å². The van der Waals surface area contributed by atoms with Crippen molar-refractivity contribution in [3.63, 3.8) is 0 Å². The van der Waals surface area contributed by atoms with E-state index in [0.717, 1.165) is 0 Å². The molecule has 1 aromatic rings. The fourth-order valence-electron chi connectivity index (χ4n) is 3.16. The first kappa shape index (κ1) is 16.7. The molecule has 2 saturated heterocycles. The number of methoxy groups -OCH3 is 1. The highest BCUT2D eigenvalue weighted by molar-refractivity contribution is 5.98. The molecule has 3 rings (SSSR count). The Morgan fingerprint density at radius 3 is 2.75 bits per heavy atom. The molecule has 0 radical (unpaired) electrons. The molecule has 0 aliphatic carbocycles. The van der Waals surface area contributed by atoms with Crippen molar-refractivity contribution < 1.29 is 23.5 Å². The average Bonchev–Trinajstić information content (AvgIpc) is 3.03. The molecule has 0 aromatic heterocycles. The van der Waals surface area contributed by atoms with Crippen LogP contribution in [0.3, 0.4) is 0 Å². The number of hydrogen-bond donors (Lipinski definition) is 0. The van der Waals surface area contributed by atoms with E-state index >= 15 is 0 Å². The van der Waals surface area contributed by atoms with Crippen molar-refractivity contribution in [3.05, 3.63) is 29.8 Å². The molecular formula is C17H21FN2O4. The minimum Gasteiger partial charge on any atom is -0.497 e. The van der Waals surface area contributed by atoms with E-state index in [0.29, 0.717) is 37.6 Å². The second-order valence-electron chi connectivity index (χ2n) is 5.98. The number of alkyl halides is 1. The van der Waals surface area contributed by atoms with Crippen LogP contribution in [-0.4, -0.2) is 73.8 Å². The molecule has 2 amide bonds. The minimum absolute atomic E-state index is 0.0475. The highest BCUT2D eigenvalue weighted by atomic mass is 19.1. The van der Waals surface area contributed by atoms with E-state index in [-0.39, 0.29) is 24.8 Å². The Bertz CT molecular complexity index is 618. The van der Waals surface area contributed by atoms with E-state index in [9.17, 15) is 14.0 Å². The van der Waals surface area contributed by atoms with E-state index in [1.807, 2.05) is 0 Å². The molecule has 130 valence electrons. The number of hydrogen-bond acceptors (Lipinski definition) is 4. The Labute approximate surface area is 140 Å². The van der Waals surface area contributed by atoms with Crippen molar-refractivity contribution >= 4 is 11.8 Å². The molecule has 2 fully saturated rings. The van der Waals surface area contributed by atoms with Crippen molar-refractivity contribution in [2.45, 2.75) is 18.6 Å². The molecular weight excluding hydrogens is 315 g/mol. The van der Waals surface area contributed by atoms with E-state index < -0.39 is 12.2 Å². The molecule has 0 N–H and O–H groups in total. The van der Waals surface area contributed by atoms with Gasteiger partial charge in [-0.2, -0.15) is 0 Å². The third kappa shape index (κ3) is 3.36. The van der Waals surface area contributed by atoms with Gasteiger partial charge in [0.15, 0.2) is 0 Å². The van der Waals surface area contributed by atoms with Gasteiger partial charge in [0.05, 0.1) is 26.9 Å².